The summed E-state index contributed by atoms with van der Waals surface area (Å²) in [5.41, 5.74) is 6.20. The molecule has 158 valence electrons. The number of aryl methyl sites for hydroxylation is 2. The molecule has 0 fully saturated rings. The number of rotatable bonds is 7. The van der Waals surface area contributed by atoms with Gasteiger partial charge in [-0.3, -0.25) is 24.0 Å². The third-order valence-electron chi connectivity index (χ3n) is 4.70. The predicted molar refractivity (Wildman–Crippen MR) is 119 cm³/mol. The first-order valence-corrected chi connectivity index (χ1v) is 10.2. The number of nitrogens with two attached hydrogens (primary N) is 1. The highest BCUT2D eigenvalue weighted by Crippen LogP contribution is 2.25. The van der Waals surface area contributed by atoms with E-state index in [4.69, 9.17) is 10.5 Å². The average Bonchev–Trinajstić information content (AvgIpc) is 3.06. The van der Waals surface area contributed by atoms with Gasteiger partial charge < -0.3 is 10.5 Å². The van der Waals surface area contributed by atoms with E-state index in [9.17, 15) is 14.4 Å². The molecule has 2 heterocycles. The van der Waals surface area contributed by atoms with Gasteiger partial charge in [-0.1, -0.05) is 30.3 Å². The van der Waals surface area contributed by atoms with Crippen molar-refractivity contribution in [2.75, 3.05) is 30.9 Å². The second-order valence-corrected chi connectivity index (χ2v) is 8.30. The number of amides is 1. The third-order valence-corrected chi connectivity index (χ3v) is 5.67. The van der Waals surface area contributed by atoms with Gasteiger partial charge in [0.1, 0.15) is 5.82 Å². The molecule has 30 heavy (non-hydrogen) atoms. The summed E-state index contributed by atoms with van der Waals surface area (Å²) in [4.78, 5) is 43.9. The molecule has 0 radical (unpaired) electrons. The highest BCUT2D eigenvalue weighted by molar-refractivity contribution is 7.12. The van der Waals surface area contributed by atoms with Crippen molar-refractivity contribution in [3.63, 3.8) is 0 Å². The molecule has 8 nitrogen and oxygen atoms in total. The quantitative estimate of drug-likeness (QED) is 0.599. The Labute approximate surface area is 177 Å². The fourth-order valence-corrected chi connectivity index (χ4v) is 4.16. The number of hydrogen-bond donors (Lipinski definition) is 2. The van der Waals surface area contributed by atoms with Crippen LogP contribution in [-0.4, -0.2) is 35.7 Å². The number of aromatic amines is 1. The zero-order valence-electron chi connectivity index (χ0n) is 17.1. The monoisotopic (exact) mass is 428 g/mol. The Kier molecular flexibility index (Phi) is 6.53. The van der Waals surface area contributed by atoms with E-state index in [0.29, 0.717) is 5.56 Å². The number of anilines is 2. The minimum absolute atomic E-state index is 0.0594. The van der Waals surface area contributed by atoms with Crippen molar-refractivity contribution in [2.45, 2.75) is 20.4 Å². The first-order valence-electron chi connectivity index (χ1n) is 9.37. The number of nitrogens with zero attached hydrogens (tertiary/aromatic N) is 2. The lowest BCUT2D eigenvalue weighted by molar-refractivity contribution is 0.0975. The van der Waals surface area contributed by atoms with Gasteiger partial charge >= 0.3 is 5.69 Å². The molecule has 3 aromatic rings. The number of aromatic nitrogens is 2. The average molecular weight is 429 g/mol. The molecule has 0 aliphatic rings. The van der Waals surface area contributed by atoms with E-state index in [1.807, 2.05) is 44.2 Å². The maximum Gasteiger partial charge on any atom is 0.330 e. The number of carbonyl (C=O) groups is 1. The summed E-state index contributed by atoms with van der Waals surface area (Å²) in [6, 6.07) is 11.0. The van der Waals surface area contributed by atoms with Crippen molar-refractivity contribution in [2.24, 2.45) is 0 Å². The molecule has 9 heteroatoms. The van der Waals surface area contributed by atoms with E-state index < -0.39 is 11.2 Å². The zero-order valence-corrected chi connectivity index (χ0v) is 17.9. The number of benzene rings is 1. The van der Waals surface area contributed by atoms with E-state index in [2.05, 4.69) is 4.98 Å². The summed E-state index contributed by atoms with van der Waals surface area (Å²) in [6.45, 7) is 4.24. The standard InChI is InChI=1S/C21H24N4O4S/c1-13-11-16(14(2)30-13)20(27)24(9-10-29-3)17-18(22)25(21(28)23-19(17)26)12-15-7-5-4-6-8-15/h4-8,11H,9-10,12,22H2,1-3H3,(H,23,26,28). The van der Waals surface area contributed by atoms with Crippen LogP contribution in [0.1, 0.15) is 25.7 Å². The molecule has 1 amide bonds. The number of nitrogens with one attached hydrogen (secondary N) is 1. The molecule has 0 unspecified atom stereocenters. The van der Waals surface area contributed by atoms with Crippen LogP contribution in [0.15, 0.2) is 46.0 Å². The Hall–Kier alpha value is -3.17. The van der Waals surface area contributed by atoms with Crippen LogP contribution >= 0.6 is 11.3 Å². The van der Waals surface area contributed by atoms with E-state index in [1.165, 1.54) is 27.9 Å². The number of carbonyl (C=O) groups excluding carboxylic acids is 1. The molecule has 3 N–H and O–H groups in total. The van der Waals surface area contributed by atoms with Crippen LogP contribution in [0.5, 0.6) is 0 Å². The summed E-state index contributed by atoms with van der Waals surface area (Å²) in [5, 5.41) is 0. The lowest BCUT2D eigenvalue weighted by Crippen LogP contribution is -2.42. The van der Waals surface area contributed by atoms with Gasteiger partial charge in [-0.25, -0.2) is 4.79 Å². The van der Waals surface area contributed by atoms with Gasteiger partial charge in [0, 0.05) is 23.4 Å². The van der Waals surface area contributed by atoms with Crippen LogP contribution < -0.4 is 21.9 Å². The van der Waals surface area contributed by atoms with Crippen molar-refractivity contribution in [3.05, 3.63) is 78.1 Å². The lowest BCUT2D eigenvalue weighted by atomic mass is 10.2. The maximum atomic E-state index is 13.3. The van der Waals surface area contributed by atoms with Crippen molar-refractivity contribution in [3.8, 4) is 0 Å². The molecule has 0 saturated heterocycles. The molecule has 0 aliphatic heterocycles. The van der Waals surface area contributed by atoms with Gasteiger partial charge in [0.25, 0.3) is 11.5 Å². The summed E-state index contributed by atoms with van der Waals surface area (Å²) in [6.07, 6.45) is 0. The van der Waals surface area contributed by atoms with E-state index in [-0.39, 0.29) is 37.1 Å². The third kappa shape index (κ3) is 4.37. The number of nitrogen functional groups attached to an aromatic ring is 1. The minimum Gasteiger partial charge on any atom is -0.383 e. The Morgan fingerprint density at radius 3 is 2.53 bits per heavy atom. The van der Waals surface area contributed by atoms with Crippen LogP contribution in [0, 0.1) is 13.8 Å². The van der Waals surface area contributed by atoms with Gasteiger partial charge in [0.15, 0.2) is 5.69 Å². The largest absolute Gasteiger partial charge is 0.383 e. The Balaban J connectivity index is 2.12. The first kappa shape index (κ1) is 21.5. The highest BCUT2D eigenvalue weighted by atomic mass is 32.1. The van der Waals surface area contributed by atoms with Crippen LogP contribution in [0.25, 0.3) is 0 Å². The number of thiophene rings is 1. The van der Waals surface area contributed by atoms with Crippen molar-refractivity contribution >= 4 is 28.7 Å². The molecule has 0 saturated carbocycles. The molecule has 0 aliphatic carbocycles. The predicted octanol–water partition coefficient (Wildman–Crippen LogP) is 2.14. The van der Waals surface area contributed by atoms with Gasteiger partial charge in [0.2, 0.25) is 0 Å². The Morgan fingerprint density at radius 2 is 1.93 bits per heavy atom. The molecule has 0 spiro atoms. The minimum atomic E-state index is -0.712. The van der Waals surface area contributed by atoms with E-state index >= 15 is 0 Å². The van der Waals surface area contributed by atoms with Crippen molar-refractivity contribution < 1.29 is 9.53 Å². The highest BCUT2D eigenvalue weighted by Gasteiger charge is 2.27. The molecule has 0 atom stereocenters. The second kappa shape index (κ2) is 9.10. The van der Waals surface area contributed by atoms with Crippen molar-refractivity contribution in [1.29, 1.82) is 0 Å². The van der Waals surface area contributed by atoms with E-state index in [1.54, 1.807) is 6.07 Å². The van der Waals surface area contributed by atoms with E-state index in [0.717, 1.165) is 15.3 Å². The molecule has 3 rings (SSSR count). The topological polar surface area (TPSA) is 110 Å². The summed E-state index contributed by atoms with van der Waals surface area (Å²) in [5.74, 6) is -0.433. The molecule has 2 aromatic heterocycles. The Morgan fingerprint density at radius 1 is 1.23 bits per heavy atom. The lowest BCUT2D eigenvalue weighted by Gasteiger charge is -2.24. The molecule has 0 bridgehead atoms. The molecule has 1 aromatic carbocycles. The first-order chi connectivity index (χ1) is 14.3. The zero-order chi connectivity index (χ0) is 21.8. The second-order valence-electron chi connectivity index (χ2n) is 6.84. The number of ether oxygens (including phenoxy) is 1. The van der Waals surface area contributed by atoms with Crippen LogP contribution in [-0.2, 0) is 11.3 Å². The van der Waals surface area contributed by atoms with Crippen LogP contribution in [0.3, 0.4) is 0 Å². The summed E-state index contributed by atoms with van der Waals surface area (Å²) >= 11 is 1.50. The van der Waals surface area contributed by atoms with Crippen LogP contribution in [0.2, 0.25) is 0 Å². The van der Waals surface area contributed by atoms with Crippen LogP contribution in [0.4, 0.5) is 11.5 Å². The number of H-pyrrole nitrogens is 1. The number of methoxy groups -OCH3 is 1. The summed E-state index contributed by atoms with van der Waals surface area (Å²) < 4.78 is 6.39. The van der Waals surface area contributed by atoms with Gasteiger partial charge in [-0.2, -0.15) is 0 Å². The molecular formula is C21H24N4O4S. The van der Waals surface area contributed by atoms with Gasteiger partial charge in [-0.05, 0) is 25.5 Å². The van der Waals surface area contributed by atoms with Crippen molar-refractivity contribution in [1.82, 2.24) is 9.55 Å². The fraction of sp³-hybridized carbons (Fsp3) is 0.286. The normalized spacial score (nSPS) is 10.9. The number of hydrogen-bond acceptors (Lipinski definition) is 6. The molecular weight excluding hydrogens is 404 g/mol. The fourth-order valence-electron chi connectivity index (χ4n) is 3.25. The summed E-state index contributed by atoms with van der Waals surface area (Å²) in [7, 11) is 1.51. The maximum absolute atomic E-state index is 13.3. The SMILES string of the molecule is COCCN(C(=O)c1cc(C)sc1C)c1c(N)n(Cc2ccccc2)c(=O)[nH]c1=O. The Bertz CT molecular complexity index is 1160. The van der Waals surface area contributed by atoms with Gasteiger partial charge in [-0.15, -0.1) is 11.3 Å². The van der Waals surface area contributed by atoms with Gasteiger partial charge in [0.05, 0.1) is 18.7 Å². The smallest absolute Gasteiger partial charge is 0.330 e.